The zero-order valence-corrected chi connectivity index (χ0v) is 5.92. The van der Waals surface area contributed by atoms with Gasteiger partial charge in [-0.2, -0.15) is 11.1 Å². The van der Waals surface area contributed by atoms with E-state index >= 15 is 0 Å². The van der Waals surface area contributed by atoms with E-state index in [1.165, 1.54) is 0 Å². The van der Waals surface area contributed by atoms with Crippen LogP contribution in [0.2, 0.25) is 13.1 Å². The van der Waals surface area contributed by atoms with Crippen molar-refractivity contribution >= 4 is 18.5 Å². The summed E-state index contributed by atoms with van der Waals surface area (Å²) in [6.07, 6.45) is 0. The standard InChI is InChI=1S/C4H9ClSi/c1-4-6(2,3)5/h4H,1H2,2-3H3. The van der Waals surface area contributed by atoms with E-state index in [0.29, 0.717) is 0 Å². The van der Waals surface area contributed by atoms with E-state index in [1.54, 1.807) is 0 Å². The summed E-state index contributed by atoms with van der Waals surface area (Å²) in [4.78, 5) is 0. The Balaban J connectivity index is 3.45. The quantitative estimate of drug-likeness (QED) is 0.368. The molecule has 0 rings (SSSR count). The van der Waals surface area contributed by atoms with E-state index in [-0.39, 0.29) is 0 Å². The van der Waals surface area contributed by atoms with Crippen LogP contribution in [0.5, 0.6) is 0 Å². The molecule has 0 aliphatic carbocycles. The number of hydrogen-bond acceptors (Lipinski definition) is 0. The molecule has 0 unspecified atom stereocenters. The molecule has 0 radical (unpaired) electrons. The first-order valence-corrected chi connectivity index (χ1v) is 5.98. The monoisotopic (exact) mass is 120 g/mol. The highest BCUT2D eigenvalue weighted by Gasteiger charge is 2.08. The van der Waals surface area contributed by atoms with Crippen LogP contribution in [-0.2, 0) is 0 Å². The van der Waals surface area contributed by atoms with Crippen molar-refractivity contribution < 1.29 is 0 Å². The van der Waals surface area contributed by atoms with Gasteiger partial charge in [0.25, 0.3) is 0 Å². The smallest absolute Gasteiger partial charge is 0.162 e. The number of rotatable bonds is 1. The molecule has 0 fully saturated rings. The Morgan fingerprint density at radius 3 is 1.83 bits per heavy atom. The van der Waals surface area contributed by atoms with Crippen LogP contribution < -0.4 is 0 Å². The van der Waals surface area contributed by atoms with Crippen LogP contribution in [0.4, 0.5) is 0 Å². The van der Waals surface area contributed by atoms with E-state index in [4.69, 9.17) is 11.1 Å². The van der Waals surface area contributed by atoms with E-state index in [2.05, 4.69) is 6.58 Å². The van der Waals surface area contributed by atoms with Gasteiger partial charge in [0.2, 0.25) is 0 Å². The highest BCUT2D eigenvalue weighted by molar-refractivity contribution is 7.21. The van der Waals surface area contributed by atoms with Crippen molar-refractivity contribution in [2.75, 3.05) is 0 Å². The minimum absolute atomic E-state index is 1.40. The molecule has 36 valence electrons. The van der Waals surface area contributed by atoms with Crippen LogP contribution in [0.25, 0.3) is 0 Å². The van der Waals surface area contributed by atoms with Crippen molar-refractivity contribution in [2.45, 2.75) is 13.1 Å². The normalized spacial score (nSPS) is 11.2. The molecule has 0 aromatic rings. The van der Waals surface area contributed by atoms with Crippen LogP contribution in [0, 0.1) is 0 Å². The predicted molar refractivity (Wildman–Crippen MR) is 33.5 cm³/mol. The molecular formula is C4H9ClSi. The Morgan fingerprint density at radius 1 is 1.67 bits per heavy atom. The van der Waals surface area contributed by atoms with Crippen LogP contribution >= 0.6 is 11.1 Å². The summed E-state index contributed by atoms with van der Waals surface area (Å²) in [6, 6.07) is 0. The highest BCUT2D eigenvalue weighted by Crippen LogP contribution is 2.06. The molecule has 0 aliphatic rings. The van der Waals surface area contributed by atoms with Gasteiger partial charge < -0.3 is 0 Å². The van der Waals surface area contributed by atoms with E-state index in [0.717, 1.165) is 0 Å². The van der Waals surface area contributed by atoms with E-state index in [1.807, 2.05) is 18.8 Å². The number of hydrogen-bond donors (Lipinski definition) is 0. The highest BCUT2D eigenvalue weighted by atomic mass is 35.6. The van der Waals surface area contributed by atoms with Gasteiger partial charge in [0.15, 0.2) is 7.38 Å². The fourth-order valence-electron chi connectivity index (χ4n) is 0. The third kappa shape index (κ3) is 4.25. The Labute approximate surface area is 44.5 Å². The van der Waals surface area contributed by atoms with Crippen molar-refractivity contribution in [3.8, 4) is 0 Å². The van der Waals surface area contributed by atoms with Gasteiger partial charge in [0.05, 0.1) is 0 Å². The van der Waals surface area contributed by atoms with Crippen LogP contribution in [0.1, 0.15) is 0 Å². The summed E-state index contributed by atoms with van der Waals surface area (Å²) in [5, 5.41) is 0. The van der Waals surface area contributed by atoms with Gasteiger partial charge >= 0.3 is 0 Å². The molecule has 0 heterocycles. The number of halogens is 1. The Bertz CT molecular complexity index is 53.1. The summed E-state index contributed by atoms with van der Waals surface area (Å²) in [6.45, 7) is 7.62. The van der Waals surface area contributed by atoms with E-state index in [9.17, 15) is 0 Å². The minimum atomic E-state index is -1.40. The van der Waals surface area contributed by atoms with Crippen LogP contribution in [0.3, 0.4) is 0 Å². The lowest BCUT2D eigenvalue weighted by Gasteiger charge is -2.00. The maximum Gasteiger partial charge on any atom is 0.173 e. The molecule has 6 heavy (non-hydrogen) atoms. The topological polar surface area (TPSA) is 0 Å². The van der Waals surface area contributed by atoms with Crippen molar-refractivity contribution in [1.29, 1.82) is 0 Å². The molecule has 0 spiro atoms. The fraction of sp³-hybridized carbons (Fsp3) is 0.500. The molecule has 0 aliphatic heterocycles. The van der Waals surface area contributed by atoms with Crippen molar-refractivity contribution in [3.05, 3.63) is 12.3 Å². The van der Waals surface area contributed by atoms with Crippen LogP contribution in [-0.4, -0.2) is 7.38 Å². The summed E-state index contributed by atoms with van der Waals surface area (Å²) in [7, 11) is -1.40. The molecule has 0 amide bonds. The Kier molecular flexibility index (Phi) is 1.88. The fourth-order valence-corrected chi connectivity index (χ4v) is 0. The lowest BCUT2D eigenvalue weighted by molar-refractivity contribution is 1.96. The molecule has 2 heteroatoms. The molecule has 0 saturated heterocycles. The molecule has 0 N–H and O–H groups in total. The summed E-state index contributed by atoms with van der Waals surface area (Å²) in [5.41, 5.74) is 1.84. The maximum atomic E-state index is 5.74. The molecule has 0 bridgehead atoms. The van der Waals surface area contributed by atoms with Gasteiger partial charge in [-0.25, -0.2) is 0 Å². The molecule has 0 aromatic carbocycles. The Hall–Kier alpha value is 0.247. The van der Waals surface area contributed by atoms with Gasteiger partial charge in [-0.1, -0.05) is 18.8 Å². The third-order valence-electron chi connectivity index (χ3n) is 0.485. The van der Waals surface area contributed by atoms with Crippen LogP contribution in [0.15, 0.2) is 12.3 Å². The maximum absolute atomic E-state index is 5.74. The summed E-state index contributed by atoms with van der Waals surface area (Å²) < 4.78 is 0. The van der Waals surface area contributed by atoms with Gasteiger partial charge in [0.1, 0.15) is 0 Å². The molecule has 0 nitrogen and oxygen atoms in total. The second-order valence-corrected chi connectivity index (χ2v) is 8.23. The largest absolute Gasteiger partial charge is 0.173 e. The Morgan fingerprint density at radius 2 is 1.83 bits per heavy atom. The molecule has 0 atom stereocenters. The zero-order chi connectivity index (χ0) is 5.21. The average Bonchev–Trinajstić information content (AvgIpc) is 1.35. The lowest BCUT2D eigenvalue weighted by atomic mass is 11.3. The van der Waals surface area contributed by atoms with Gasteiger partial charge in [-0.05, 0) is 0 Å². The van der Waals surface area contributed by atoms with Crippen molar-refractivity contribution in [3.63, 3.8) is 0 Å². The van der Waals surface area contributed by atoms with Crippen molar-refractivity contribution in [1.82, 2.24) is 0 Å². The lowest BCUT2D eigenvalue weighted by Crippen LogP contribution is -2.10. The van der Waals surface area contributed by atoms with Crippen molar-refractivity contribution in [2.24, 2.45) is 0 Å². The third-order valence-corrected chi connectivity index (χ3v) is 1.92. The SMILES string of the molecule is C=C[Si](C)(C)Cl. The second-order valence-electron chi connectivity index (χ2n) is 1.77. The van der Waals surface area contributed by atoms with Gasteiger partial charge in [-0.3, -0.25) is 0 Å². The zero-order valence-electron chi connectivity index (χ0n) is 4.16. The molecule has 0 aromatic heterocycles. The summed E-state index contributed by atoms with van der Waals surface area (Å²) >= 11 is 5.74. The first-order chi connectivity index (χ1) is 2.56. The average molecular weight is 121 g/mol. The molecule has 0 saturated carbocycles. The molecular weight excluding hydrogens is 112 g/mol. The predicted octanol–water partition coefficient (Wildman–Crippen LogP) is 2.16. The first-order valence-electron chi connectivity index (χ1n) is 1.89. The van der Waals surface area contributed by atoms with Gasteiger partial charge in [0, 0.05) is 0 Å². The summed E-state index contributed by atoms with van der Waals surface area (Å²) in [5.74, 6) is 0. The second kappa shape index (κ2) is 1.80. The van der Waals surface area contributed by atoms with Gasteiger partial charge in [-0.15, -0.1) is 6.58 Å². The minimum Gasteiger partial charge on any atom is -0.162 e. The first kappa shape index (κ1) is 6.25. The van der Waals surface area contributed by atoms with E-state index < -0.39 is 7.38 Å².